The number of carbonyl (C=O) groups is 1. The maximum absolute atomic E-state index is 11.0. The molecule has 0 aliphatic carbocycles. The van der Waals surface area contributed by atoms with Crippen LogP contribution < -0.4 is 11.5 Å². The van der Waals surface area contributed by atoms with Crippen molar-refractivity contribution in [3.05, 3.63) is 23.8 Å². The van der Waals surface area contributed by atoms with Gasteiger partial charge in [0.1, 0.15) is 0 Å². The minimum absolute atomic E-state index is 0.387. The summed E-state index contributed by atoms with van der Waals surface area (Å²) in [6, 6.07) is 4.63. The topological polar surface area (TPSA) is 78.3 Å². The van der Waals surface area contributed by atoms with Gasteiger partial charge >= 0.3 is 5.97 Å². The summed E-state index contributed by atoms with van der Waals surface area (Å²) in [5, 5.41) is 0. The highest BCUT2D eigenvalue weighted by Crippen LogP contribution is 2.16. The number of hydrogen-bond acceptors (Lipinski definition) is 4. The minimum Gasteiger partial charge on any atom is -0.465 e. The van der Waals surface area contributed by atoms with Crippen molar-refractivity contribution in [2.45, 2.75) is 13.8 Å². The summed E-state index contributed by atoms with van der Waals surface area (Å²) in [4.78, 5) is 11.0. The predicted octanol–water partition coefficient (Wildman–Crippen LogP) is 1.66. The van der Waals surface area contributed by atoms with Crippen molar-refractivity contribution in [1.82, 2.24) is 0 Å². The molecular weight excluding hydrogens is 180 g/mol. The number of nitrogen functional groups attached to an aromatic ring is 2. The van der Waals surface area contributed by atoms with E-state index in [0.717, 1.165) is 0 Å². The fourth-order valence-electron chi connectivity index (χ4n) is 0.820. The Morgan fingerprint density at radius 2 is 1.79 bits per heavy atom. The van der Waals surface area contributed by atoms with Gasteiger partial charge < -0.3 is 16.2 Å². The van der Waals surface area contributed by atoms with Crippen LogP contribution in [-0.4, -0.2) is 13.1 Å². The molecule has 4 N–H and O–H groups in total. The standard InChI is InChI=1S/C8H10N2O2.C2H6/c1-12-8(11)5-2-3-6(9)7(10)4-5;1-2/h2-4H,9-10H2,1H3;1-2H3. The van der Waals surface area contributed by atoms with Crippen LogP contribution >= 0.6 is 0 Å². The number of methoxy groups -OCH3 is 1. The third kappa shape index (κ3) is 2.97. The third-order valence-corrected chi connectivity index (χ3v) is 1.51. The smallest absolute Gasteiger partial charge is 0.337 e. The van der Waals surface area contributed by atoms with Crippen LogP contribution in [0.1, 0.15) is 24.2 Å². The zero-order valence-corrected chi connectivity index (χ0v) is 8.70. The van der Waals surface area contributed by atoms with Crippen molar-refractivity contribution in [3.63, 3.8) is 0 Å². The van der Waals surface area contributed by atoms with Crippen LogP contribution in [0.15, 0.2) is 18.2 Å². The molecule has 0 spiro atoms. The Labute approximate surface area is 83.9 Å². The van der Waals surface area contributed by atoms with E-state index < -0.39 is 5.97 Å². The molecule has 0 bridgehead atoms. The highest BCUT2D eigenvalue weighted by molar-refractivity contribution is 5.91. The lowest BCUT2D eigenvalue weighted by Crippen LogP contribution is -2.03. The summed E-state index contributed by atoms with van der Waals surface area (Å²) in [6.07, 6.45) is 0. The van der Waals surface area contributed by atoms with Crippen molar-refractivity contribution in [2.24, 2.45) is 0 Å². The molecular formula is C10H16N2O2. The zero-order valence-electron chi connectivity index (χ0n) is 8.70. The molecule has 0 saturated heterocycles. The lowest BCUT2D eigenvalue weighted by molar-refractivity contribution is 0.0601. The van der Waals surface area contributed by atoms with Gasteiger partial charge in [0.15, 0.2) is 0 Å². The van der Waals surface area contributed by atoms with Crippen LogP contribution in [0.2, 0.25) is 0 Å². The van der Waals surface area contributed by atoms with Crippen molar-refractivity contribution in [3.8, 4) is 0 Å². The number of benzene rings is 1. The largest absolute Gasteiger partial charge is 0.465 e. The minimum atomic E-state index is -0.415. The Morgan fingerprint density at radius 3 is 2.21 bits per heavy atom. The number of esters is 1. The first-order valence-electron chi connectivity index (χ1n) is 4.38. The highest BCUT2D eigenvalue weighted by Gasteiger charge is 2.05. The SMILES string of the molecule is CC.COC(=O)c1ccc(N)c(N)c1. The number of ether oxygens (including phenoxy) is 1. The van der Waals surface area contributed by atoms with Crippen LogP contribution in [0.25, 0.3) is 0 Å². The molecule has 14 heavy (non-hydrogen) atoms. The second kappa shape index (κ2) is 5.85. The molecule has 0 aliphatic heterocycles. The summed E-state index contributed by atoms with van der Waals surface area (Å²) >= 11 is 0. The van der Waals surface area contributed by atoms with E-state index in [1.54, 1.807) is 12.1 Å². The molecule has 78 valence electrons. The van der Waals surface area contributed by atoms with Gasteiger partial charge in [-0.3, -0.25) is 0 Å². The molecule has 4 heteroatoms. The molecule has 0 unspecified atom stereocenters. The van der Waals surface area contributed by atoms with Gasteiger partial charge in [-0.25, -0.2) is 4.79 Å². The number of nitrogens with two attached hydrogens (primary N) is 2. The summed E-state index contributed by atoms with van der Waals surface area (Å²) in [6.45, 7) is 4.00. The first-order valence-corrected chi connectivity index (χ1v) is 4.38. The first-order chi connectivity index (χ1) is 6.65. The zero-order chi connectivity index (χ0) is 11.1. The van der Waals surface area contributed by atoms with Crippen molar-refractivity contribution >= 4 is 17.3 Å². The molecule has 0 amide bonds. The number of carbonyl (C=O) groups excluding carboxylic acids is 1. The van der Waals surface area contributed by atoms with E-state index in [1.807, 2.05) is 13.8 Å². The van der Waals surface area contributed by atoms with Gasteiger partial charge in [-0.2, -0.15) is 0 Å². The van der Waals surface area contributed by atoms with Gasteiger partial charge in [0.2, 0.25) is 0 Å². The second-order valence-corrected chi connectivity index (χ2v) is 2.34. The molecule has 0 fully saturated rings. The molecule has 0 saturated carbocycles. The normalized spacial score (nSPS) is 8.50. The van der Waals surface area contributed by atoms with Gasteiger partial charge in [-0.05, 0) is 18.2 Å². The summed E-state index contributed by atoms with van der Waals surface area (Å²) in [5.41, 5.74) is 12.2. The Hall–Kier alpha value is -1.71. The molecule has 0 aliphatic rings. The van der Waals surface area contributed by atoms with E-state index in [0.29, 0.717) is 16.9 Å². The molecule has 4 nitrogen and oxygen atoms in total. The van der Waals surface area contributed by atoms with Gasteiger partial charge in [0.05, 0.1) is 24.0 Å². The molecule has 1 rings (SSSR count). The average Bonchev–Trinajstić information content (AvgIpc) is 2.24. The summed E-state index contributed by atoms with van der Waals surface area (Å²) < 4.78 is 4.50. The number of rotatable bonds is 1. The lowest BCUT2D eigenvalue weighted by atomic mass is 10.2. The van der Waals surface area contributed by atoms with Gasteiger partial charge in [0, 0.05) is 0 Å². The first kappa shape index (κ1) is 12.3. The van der Waals surface area contributed by atoms with Crippen LogP contribution in [-0.2, 0) is 4.74 Å². The molecule has 0 heterocycles. The number of hydrogen-bond donors (Lipinski definition) is 2. The molecule has 0 aromatic heterocycles. The van der Waals surface area contributed by atoms with Crippen molar-refractivity contribution in [1.29, 1.82) is 0 Å². The monoisotopic (exact) mass is 196 g/mol. The lowest BCUT2D eigenvalue weighted by Gasteiger charge is -2.02. The molecule has 1 aromatic rings. The highest BCUT2D eigenvalue weighted by atomic mass is 16.5. The Morgan fingerprint density at radius 1 is 1.21 bits per heavy atom. The van der Waals surface area contributed by atoms with Gasteiger partial charge in [0.25, 0.3) is 0 Å². The van der Waals surface area contributed by atoms with Crippen LogP contribution in [0, 0.1) is 0 Å². The van der Waals surface area contributed by atoms with E-state index in [-0.39, 0.29) is 0 Å². The Kier molecular flexibility index (Phi) is 5.14. The van der Waals surface area contributed by atoms with Gasteiger partial charge in [-0.15, -0.1) is 0 Å². The van der Waals surface area contributed by atoms with Gasteiger partial charge in [-0.1, -0.05) is 13.8 Å². The molecule has 0 radical (unpaired) electrons. The maximum atomic E-state index is 11.0. The van der Waals surface area contributed by atoms with Crippen LogP contribution in [0.3, 0.4) is 0 Å². The van der Waals surface area contributed by atoms with E-state index >= 15 is 0 Å². The fourth-order valence-corrected chi connectivity index (χ4v) is 0.820. The summed E-state index contributed by atoms with van der Waals surface area (Å²) in [7, 11) is 1.31. The summed E-state index contributed by atoms with van der Waals surface area (Å²) in [5.74, 6) is -0.415. The van der Waals surface area contributed by atoms with E-state index in [9.17, 15) is 4.79 Å². The Bertz CT molecular complexity index is 311. The van der Waals surface area contributed by atoms with Crippen molar-refractivity contribution < 1.29 is 9.53 Å². The van der Waals surface area contributed by atoms with E-state index in [2.05, 4.69) is 4.74 Å². The molecule has 1 aromatic carbocycles. The molecule has 0 atom stereocenters. The number of anilines is 2. The third-order valence-electron chi connectivity index (χ3n) is 1.51. The average molecular weight is 196 g/mol. The fraction of sp³-hybridized carbons (Fsp3) is 0.300. The Balaban J connectivity index is 0.000000791. The quantitative estimate of drug-likeness (QED) is 0.529. The van der Waals surface area contributed by atoms with Crippen LogP contribution in [0.5, 0.6) is 0 Å². The second-order valence-electron chi connectivity index (χ2n) is 2.34. The van der Waals surface area contributed by atoms with E-state index in [1.165, 1.54) is 13.2 Å². The predicted molar refractivity (Wildman–Crippen MR) is 58.0 cm³/mol. The van der Waals surface area contributed by atoms with Crippen LogP contribution in [0.4, 0.5) is 11.4 Å². The van der Waals surface area contributed by atoms with Crippen molar-refractivity contribution in [2.75, 3.05) is 18.6 Å². The maximum Gasteiger partial charge on any atom is 0.337 e. The van der Waals surface area contributed by atoms with E-state index in [4.69, 9.17) is 11.5 Å².